The smallest absolute Gasteiger partial charge is 0.230 e. The Kier molecular flexibility index (Phi) is 7.16. The summed E-state index contributed by atoms with van der Waals surface area (Å²) in [7, 11) is 1.62. The van der Waals surface area contributed by atoms with Gasteiger partial charge in [-0.15, -0.1) is 10.2 Å². The number of nitrogens with two attached hydrogens (primary N) is 1. The second-order valence-electron chi connectivity index (χ2n) is 4.79. The zero-order chi connectivity index (χ0) is 17.5. The van der Waals surface area contributed by atoms with Crippen molar-refractivity contribution in [2.45, 2.75) is 11.6 Å². The molecule has 0 aliphatic carbocycles. The van der Waals surface area contributed by atoms with E-state index < -0.39 is 0 Å². The van der Waals surface area contributed by atoms with E-state index in [2.05, 4.69) is 15.5 Å². The number of nitrogens with one attached hydrogen (secondary N) is 1. The first-order valence-corrected chi connectivity index (χ1v) is 8.81. The molecule has 10 heteroatoms. The van der Waals surface area contributed by atoms with Gasteiger partial charge >= 0.3 is 0 Å². The zero-order valence-electron chi connectivity index (χ0n) is 13.0. The highest BCUT2D eigenvalue weighted by Gasteiger charge is 2.16. The summed E-state index contributed by atoms with van der Waals surface area (Å²) in [6, 6.07) is 5.01. The fourth-order valence-corrected chi connectivity index (χ4v) is 3.03. The molecule has 0 fully saturated rings. The van der Waals surface area contributed by atoms with Crippen molar-refractivity contribution in [1.29, 1.82) is 0 Å². The predicted molar refractivity (Wildman–Crippen MR) is 95.9 cm³/mol. The van der Waals surface area contributed by atoms with Crippen molar-refractivity contribution in [2.75, 3.05) is 31.9 Å². The molecule has 0 spiro atoms. The van der Waals surface area contributed by atoms with Crippen LogP contribution in [0, 0.1) is 0 Å². The maximum Gasteiger partial charge on any atom is 0.230 e. The third kappa shape index (κ3) is 5.01. The first-order chi connectivity index (χ1) is 11.5. The van der Waals surface area contributed by atoms with Crippen LogP contribution < -0.4 is 11.2 Å². The van der Waals surface area contributed by atoms with Crippen molar-refractivity contribution in [1.82, 2.24) is 20.2 Å². The first-order valence-electron chi connectivity index (χ1n) is 7.07. The number of nitrogen functional groups attached to an aromatic ring is 1. The summed E-state index contributed by atoms with van der Waals surface area (Å²) in [4.78, 5) is 11.8. The van der Waals surface area contributed by atoms with Gasteiger partial charge in [0.25, 0.3) is 0 Å². The van der Waals surface area contributed by atoms with E-state index in [1.54, 1.807) is 25.3 Å². The number of carbonyl (C=O) groups excluding carboxylic acids is 1. The average molecular weight is 390 g/mol. The minimum Gasteiger partial charge on any atom is -0.385 e. The van der Waals surface area contributed by atoms with E-state index in [0.29, 0.717) is 39.7 Å². The number of benzene rings is 1. The molecule has 0 atom stereocenters. The zero-order valence-corrected chi connectivity index (χ0v) is 15.3. The fourth-order valence-electron chi connectivity index (χ4n) is 1.86. The van der Waals surface area contributed by atoms with E-state index in [1.807, 2.05) is 0 Å². The highest BCUT2D eigenvalue weighted by molar-refractivity contribution is 7.99. The molecule has 130 valence electrons. The van der Waals surface area contributed by atoms with Crippen molar-refractivity contribution in [3.8, 4) is 11.4 Å². The second-order valence-corrected chi connectivity index (χ2v) is 6.57. The number of hydrogen-bond donors (Lipinski definition) is 2. The van der Waals surface area contributed by atoms with Gasteiger partial charge in [-0.1, -0.05) is 35.0 Å². The lowest BCUT2D eigenvalue weighted by Crippen LogP contribution is -2.27. The average Bonchev–Trinajstić information content (AvgIpc) is 2.90. The van der Waals surface area contributed by atoms with Gasteiger partial charge in [0.05, 0.1) is 10.8 Å². The number of methoxy groups -OCH3 is 1. The molecule has 1 aromatic heterocycles. The third-order valence-corrected chi connectivity index (χ3v) is 4.51. The van der Waals surface area contributed by atoms with Gasteiger partial charge in [0, 0.05) is 30.8 Å². The van der Waals surface area contributed by atoms with Gasteiger partial charge in [-0.25, -0.2) is 4.68 Å². The molecule has 0 saturated carbocycles. The lowest BCUT2D eigenvalue weighted by Gasteiger charge is -2.06. The number of halogens is 2. The molecule has 1 aromatic carbocycles. The molecule has 0 aliphatic heterocycles. The van der Waals surface area contributed by atoms with Crippen LogP contribution in [0.2, 0.25) is 10.0 Å². The largest absolute Gasteiger partial charge is 0.385 e. The summed E-state index contributed by atoms with van der Waals surface area (Å²) in [6.07, 6.45) is 0.763. The lowest BCUT2D eigenvalue weighted by molar-refractivity contribution is -0.118. The number of rotatable bonds is 8. The topological polar surface area (TPSA) is 95.1 Å². The molecule has 0 unspecified atom stereocenters. The van der Waals surface area contributed by atoms with Crippen molar-refractivity contribution < 1.29 is 9.53 Å². The van der Waals surface area contributed by atoms with E-state index in [4.69, 9.17) is 33.8 Å². The van der Waals surface area contributed by atoms with Crippen molar-refractivity contribution >= 4 is 40.9 Å². The lowest BCUT2D eigenvalue weighted by atomic mass is 10.2. The van der Waals surface area contributed by atoms with Crippen molar-refractivity contribution in [3.05, 3.63) is 28.2 Å². The van der Waals surface area contributed by atoms with Gasteiger partial charge in [0.2, 0.25) is 11.1 Å². The van der Waals surface area contributed by atoms with Crippen molar-refractivity contribution in [3.63, 3.8) is 0 Å². The number of amides is 1. The molecule has 0 bridgehead atoms. The Labute approximate surface area is 153 Å². The summed E-state index contributed by atoms with van der Waals surface area (Å²) < 4.78 is 6.22. The van der Waals surface area contributed by atoms with Crippen LogP contribution in [0.3, 0.4) is 0 Å². The van der Waals surface area contributed by atoms with Crippen LogP contribution in [0.25, 0.3) is 11.4 Å². The predicted octanol–water partition coefficient (Wildman–Crippen LogP) is 2.21. The molecule has 0 saturated heterocycles. The standard InChI is InChI=1S/C14H17Cl2N5O2S/c1-23-6-2-5-18-12(22)8-24-14-20-19-13(21(14)17)10-4-3-9(15)7-11(10)16/h3-4,7H,2,5-6,8,17H2,1H3,(H,18,22). The minimum atomic E-state index is -0.106. The molecule has 1 heterocycles. The molecular formula is C14H17Cl2N5O2S. The molecular weight excluding hydrogens is 373 g/mol. The molecule has 7 nitrogen and oxygen atoms in total. The Morgan fingerprint density at radius 3 is 2.92 bits per heavy atom. The van der Waals surface area contributed by atoms with Crippen LogP contribution in [0.5, 0.6) is 0 Å². The third-order valence-electron chi connectivity index (χ3n) is 3.02. The number of thioether (sulfide) groups is 1. The molecule has 2 aromatic rings. The van der Waals surface area contributed by atoms with Crippen LogP contribution >= 0.6 is 35.0 Å². The molecule has 2 rings (SSSR count). The SMILES string of the molecule is COCCCNC(=O)CSc1nnc(-c2ccc(Cl)cc2Cl)n1N. The molecule has 1 amide bonds. The monoisotopic (exact) mass is 389 g/mol. The Morgan fingerprint density at radius 1 is 1.42 bits per heavy atom. The van der Waals surface area contributed by atoms with Gasteiger partial charge in [-0.3, -0.25) is 4.79 Å². The summed E-state index contributed by atoms with van der Waals surface area (Å²) in [6.45, 7) is 1.17. The van der Waals surface area contributed by atoms with Gasteiger partial charge in [-0.05, 0) is 24.6 Å². The maximum atomic E-state index is 11.8. The normalized spacial score (nSPS) is 10.8. The maximum absolute atomic E-state index is 11.8. The molecule has 0 radical (unpaired) electrons. The molecule has 24 heavy (non-hydrogen) atoms. The van der Waals surface area contributed by atoms with E-state index >= 15 is 0 Å². The molecule has 3 N–H and O–H groups in total. The highest BCUT2D eigenvalue weighted by Crippen LogP contribution is 2.30. The van der Waals surface area contributed by atoms with Crippen LogP contribution in [-0.2, 0) is 9.53 Å². The Morgan fingerprint density at radius 2 is 2.21 bits per heavy atom. The van der Waals surface area contributed by atoms with E-state index in [0.717, 1.165) is 6.42 Å². The van der Waals surface area contributed by atoms with Crippen LogP contribution in [-0.4, -0.2) is 46.8 Å². The highest BCUT2D eigenvalue weighted by atomic mass is 35.5. The Balaban J connectivity index is 1.96. The Bertz CT molecular complexity index is 710. The molecule has 0 aliphatic rings. The first kappa shape index (κ1) is 18.9. The van der Waals surface area contributed by atoms with Crippen LogP contribution in [0.1, 0.15) is 6.42 Å². The Hall–Kier alpha value is -1.48. The van der Waals surface area contributed by atoms with Gasteiger partial charge in [0.1, 0.15) is 0 Å². The summed E-state index contributed by atoms with van der Waals surface area (Å²) in [5.41, 5.74) is 0.618. The van der Waals surface area contributed by atoms with Crippen LogP contribution in [0.4, 0.5) is 0 Å². The number of ether oxygens (including phenoxy) is 1. The summed E-state index contributed by atoms with van der Waals surface area (Å²) >= 11 is 13.2. The van der Waals surface area contributed by atoms with E-state index in [1.165, 1.54) is 16.4 Å². The number of hydrogen-bond acceptors (Lipinski definition) is 6. The van der Waals surface area contributed by atoms with Gasteiger partial charge in [0.15, 0.2) is 5.82 Å². The van der Waals surface area contributed by atoms with Gasteiger partial charge < -0.3 is 15.9 Å². The number of carbonyl (C=O) groups is 1. The summed E-state index contributed by atoms with van der Waals surface area (Å²) in [5, 5.41) is 12.2. The number of aromatic nitrogens is 3. The van der Waals surface area contributed by atoms with Crippen molar-refractivity contribution in [2.24, 2.45) is 0 Å². The van der Waals surface area contributed by atoms with E-state index in [9.17, 15) is 4.79 Å². The quantitative estimate of drug-likeness (QED) is 0.408. The second kappa shape index (κ2) is 9.12. The summed E-state index contributed by atoms with van der Waals surface area (Å²) in [5.74, 6) is 6.49. The van der Waals surface area contributed by atoms with E-state index in [-0.39, 0.29) is 11.7 Å². The minimum absolute atomic E-state index is 0.106. The van der Waals surface area contributed by atoms with Gasteiger partial charge in [-0.2, -0.15) is 0 Å². The number of nitrogens with zero attached hydrogens (tertiary/aromatic N) is 3. The fraction of sp³-hybridized carbons (Fsp3) is 0.357. The van der Waals surface area contributed by atoms with Crippen LogP contribution in [0.15, 0.2) is 23.4 Å².